The molecule has 18 heavy (non-hydrogen) atoms. The largest absolute Gasteiger partial charge is 0.497 e. The summed E-state index contributed by atoms with van der Waals surface area (Å²) in [6.45, 7) is 0.507. The highest BCUT2D eigenvalue weighted by Gasteiger charge is 2.03. The molecule has 2 rings (SSSR count). The first kappa shape index (κ1) is 14.5. The standard InChI is InChI=1S/C14H14FNO.ClH/c1-17-14-7-12(6-13(15)8-14)11-4-2-10(9-16)3-5-11;/h2-8H,9,16H2,1H3;1H. The normalized spacial score (nSPS) is 9.72. The summed E-state index contributed by atoms with van der Waals surface area (Å²) in [5, 5.41) is 0. The molecule has 2 N–H and O–H groups in total. The quantitative estimate of drug-likeness (QED) is 0.925. The first-order chi connectivity index (χ1) is 8.22. The van der Waals surface area contributed by atoms with Crippen molar-refractivity contribution in [3.63, 3.8) is 0 Å². The van der Waals surface area contributed by atoms with E-state index in [1.807, 2.05) is 24.3 Å². The first-order valence-electron chi connectivity index (χ1n) is 5.37. The van der Waals surface area contributed by atoms with Crippen molar-refractivity contribution in [2.45, 2.75) is 6.54 Å². The number of methoxy groups -OCH3 is 1. The topological polar surface area (TPSA) is 35.2 Å². The lowest BCUT2D eigenvalue weighted by Crippen LogP contribution is -1.95. The van der Waals surface area contributed by atoms with Crippen molar-refractivity contribution in [1.29, 1.82) is 0 Å². The Morgan fingerprint density at radius 3 is 2.28 bits per heavy atom. The summed E-state index contributed by atoms with van der Waals surface area (Å²) in [4.78, 5) is 0. The number of halogens is 2. The highest BCUT2D eigenvalue weighted by Crippen LogP contribution is 2.25. The third kappa shape index (κ3) is 3.22. The molecule has 2 nitrogen and oxygen atoms in total. The van der Waals surface area contributed by atoms with E-state index in [1.165, 1.54) is 19.2 Å². The fraction of sp³-hybridized carbons (Fsp3) is 0.143. The number of rotatable bonds is 3. The molecule has 0 atom stereocenters. The van der Waals surface area contributed by atoms with Crippen molar-refractivity contribution in [1.82, 2.24) is 0 Å². The van der Waals surface area contributed by atoms with Crippen LogP contribution < -0.4 is 10.5 Å². The Kier molecular flexibility index (Phi) is 5.13. The molecule has 96 valence electrons. The molecule has 2 aromatic rings. The Labute approximate surface area is 112 Å². The minimum absolute atomic E-state index is 0. The number of hydrogen-bond donors (Lipinski definition) is 1. The SMILES string of the molecule is COc1cc(F)cc(-c2ccc(CN)cc2)c1.Cl. The van der Waals surface area contributed by atoms with Crippen LogP contribution in [0.5, 0.6) is 5.75 Å². The molecule has 0 aliphatic heterocycles. The van der Waals surface area contributed by atoms with E-state index in [1.54, 1.807) is 6.07 Å². The molecule has 0 saturated carbocycles. The summed E-state index contributed by atoms with van der Waals surface area (Å²) in [5.41, 5.74) is 8.32. The highest BCUT2D eigenvalue weighted by atomic mass is 35.5. The molecule has 0 amide bonds. The van der Waals surface area contributed by atoms with Gasteiger partial charge in [-0.2, -0.15) is 0 Å². The molecule has 0 aliphatic carbocycles. The van der Waals surface area contributed by atoms with E-state index in [4.69, 9.17) is 10.5 Å². The van der Waals surface area contributed by atoms with Crippen molar-refractivity contribution < 1.29 is 9.13 Å². The minimum Gasteiger partial charge on any atom is -0.497 e. The monoisotopic (exact) mass is 267 g/mol. The molecule has 0 spiro atoms. The van der Waals surface area contributed by atoms with Gasteiger partial charge in [-0.05, 0) is 28.8 Å². The molecule has 4 heteroatoms. The fourth-order valence-corrected chi connectivity index (χ4v) is 1.68. The highest BCUT2D eigenvalue weighted by molar-refractivity contribution is 5.85. The lowest BCUT2D eigenvalue weighted by atomic mass is 10.0. The molecule has 0 radical (unpaired) electrons. The van der Waals surface area contributed by atoms with Crippen LogP contribution in [0.2, 0.25) is 0 Å². The van der Waals surface area contributed by atoms with Crippen LogP contribution in [-0.4, -0.2) is 7.11 Å². The lowest BCUT2D eigenvalue weighted by molar-refractivity contribution is 0.411. The summed E-state index contributed by atoms with van der Waals surface area (Å²) in [7, 11) is 1.52. The Bertz CT molecular complexity index is 514. The second-order valence-corrected chi connectivity index (χ2v) is 3.78. The maximum absolute atomic E-state index is 13.3. The summed E-state index contributed by atoms with van der Waals surface area (Å²) in [6, 6.07) is 12.4. The van der Waals surface area contributed by atoms with Crippen LogP contribution in [0.15, 0.2) is 42.5 Å². The molecular weight excluding hydrogens is 253 g/mol. The third-order valence-electron chi connectivity index (χ3n) is 2.63. The number of nitrogens with two attached hydrogens (primary N) is 1. The second kappa shape index (κ2) is 6.38. The number of benzene rings is 2. The molecule has 0 unspecified atom stereocenters. The zero-order chi connectivity index (χ0) is 12.3. The van der Waals surface area contributed by atoms with Gasteiger partial charge in [0, 0.05) is 12.6 Å². The van der Waals surface area contributed by atoms with Crippen molar-refractivity contribution >= 4 is 12.4 Å². The molecule has 2 aromatic carbocycles. The summed E-state index contributed by atoms with van der Waals surface area (Å²) in [6.07, 6.45) is 0. The minimum atomic E-state index is -0.303. The van der Waals surface area contributed by atoms with Gasteiger partial charge in [0.2, 0.25) is 0 Å². The average Bonchev–Trinajstić information content (AvgIpc) is 2.38. The van der Waals surface area contributed by atoms with Gasteiger partial charge >= 0.3 is 0 Å². The van der Waals surface area contributed by atoms with Crippen molar-refractivity contribution in [3.05, 3.63) is 53.8 Å². The van der Waals surface area contributed by atoms with Gasteiger partial charge in [-0.25, -0.2) is 4.39 Å². The van der Waals surface area contributed by atoms with Gasteiger partial charge in [0.1, 0.15) is 11.6 Å². The third-order valence-corrected chi connectivity index (χ3v) is 2.63. The zero-order valence-electron chi connectivity index (χ0n) is 10.0. The van der Waals surface area contributed by atoms with E-state index in [2.05, 4.69) is 0 Å². The summed E-state index contributed by atoms with van der Waals surface area (Å²) < 4.78 is 18.4. The Morgan fingerprint density at radius 1 is 1.06 bits per heavy atom. The van der Waals surface area contributed by atoms with E-state index in [0.29, 0.717) is 12.3 Å². The Morgan fingerprint density at radius 2 is 1.72 bits per heavy atom. The van der Waals surface area contributed by atoms with Crippen LogP contribution in [0.3, 0.4) is 0 Å². The molecule has 0 aliphatic rings. The van der Waals surface area contributed by atoms with Gasteiger partial charge < -0.3 is 10.5 Å². The summed E-state index contributed by atoms with van der Waals surface area (Å²) >= 11 is 0. The van der Waals surface area contributed by atoms with Crippen LogP contribution >= 0.6 is 12.4 Å². The zero-order valence-corrected chi connectivity index (χ0v) is 10.8. The van der Waals surface area contributed by atoms with Gasteiger partial charge in [0.25, 0.3) is 0 Å². The van der Waals surface area contributed by atoms with Crippen LogP contribution in [0.4, 0.5) is 4.39 Å². The van der Waals surface area contributed by atoms with Crippen LogP contribution in [0.1, 0.15) is 5.56 Å². The lowest BCUT2D eigenvalue weighted by Gasteiger charge is -2.06. The molecule has 0 aromatic heterocycles. The van der Waals surface area contributed by atoms with E-state index in [9.17, 15) is 4.39 Å². The van der Waals surface area contributed by atoms with Gasteiger partial charge in [-0.1, -0.05) is 24.3 Å². The number of hydrogen-bond acceptors (Lipinski definition) is 2. The fourth-order valence-electron chi connectivity index (χ4n) is 1.68. The summed E-state index contributed by atoms with van der Waals surface area (Å²) in [5.74, 6) is 0.213. The van der Waals surface area contributed by atoms with Gasteiger partial charge in [0.05, 0.1) is 7.11 Å². The predicted molar refractivity (Wildman–Crippen MR) is 73.5 cm³/mol. The molecule has 0 bridgehead atoms. The average molecular weight is 268 g/mol. The van der Waals surface area contributed by atoms with Crippen LogP contribution in [0, 0.1) is 5.82 Å². The maximum Gasteiger partial charge on any atom is 0.127 e. The van der Waals surface area contributed by atoms with E-state index in [-0.39, 0.29) is 18.2 Å². The molecule has 0 fully saturated rings. The number of ether oxygens (including phenoxy) is 1. The van der Waals surface area contributed by atoms with Crippen LogP contribution in [-0.2, 0) is 6.54 Å². The van der Waals surface area contributed by atoms with E-state index < -0.39 is 0 Å². The molecule has 0 saturated heterocycles. The van der Waals surface area contributed by atoms with Gasteiger partial charge in [0.15, 0.2) is 0 Å². The second-order valence-electron chi connectivity index (χ2n) is 3.78. The van der Waals surface area contributed by atoms with Crippen LogP contribution in [0.25, 0.3) is 11.1 Å². The van der Waals surface area contributed by atoms with Crippen molar-refractivity contribution in [2.24, 2.45) is 5.73 Å². The predicted octanol–water partition coefficient (Wildman–Crippen LogP) is 3.38. The maximum atomic E-state index is 13.3. The van der Waals surface area contributed by atoms with E-state index >= 15 is 0 Å². The van der Waals surface area contributed by atoms with Gasteiger partial charge in [-0.3, -0.25) is 0 Å². The van der Waals surface area contributed by atoms with Crippen molar-refractivity contribution in [2.75, 3.05) is 7.11 Å². The van der Waals surface area contributed by atoms with E-state index in [0.717, 1.165) is 16.7 Å². The Hall–Kier alpha value is -1.58. The molecular formula is C14H15ClFNO. The smallest absolute Gasteiger partial charge is 0.127 e. The van der Waals surface area contributed by atoms with Gasteiger partial charge in [-0.15, -0.1) is 12.4 Å². The van der Waals surface area contributed by atoms with Crippen molar-refractivity contribution in [3.8, 4) is 16.9 Å². The molecule has 0 heterocycles. The first-order valence-corrected chi connectivity index (χ1v) is 5.37. The Balaban J connectivity index is 0.00000162.